The van der Waals surface area contributed by atoms with E-state index in [2.05, 4.69) is 5.32 Å². The van der Waals surface area contributed by atoms with Crippen LogP contribution in [-0.4, -0.2) is 59.7 Å². The Morgan fingerprint density at radius 3 is 2.26 bits per heavy atom. The number of piperazine rings is 1. The fourth-order valence-electron chi connectivity index (χ4n) is 3.30. The number of rotatable bonds is 5. The van der Waals surface area contributed by atoms with Gasteiger partial charge in [0.15, 0.2) is 0 Å². The Bertz CT molecular complexity index is 987. The number of amides is 3. The Morgan fingerprint density at radius 2 is 1.58 bits per heavy atom. The lowest BCUT2D eigenvalue weighted by Gasteiger charge is -2.36. The Labute approximate surface area is 191 Å². The maximum Gasteiger partial charge on any atom is 0.255 e. The summed E-state index contributed by atoms with van der Waals surface area (Å²) in [4.78, 5) is 40.9. The highest BCUT2D eigenvalue weighted by Crippen LogP contribution is 2.26. The molecule has 1 heterocycles. The highest BCUT2D eigenvalue weighted by molar-refractivity contribution is 6.43. The molecule has 1 aliphatic heterocycles. The maximum absolute atomic E-state index is 12.7. The van der Waals surface area contributed by atoms with E-state index >= 15 is 0 Å². The van der Waals surface area contributed by atoms with Gasteiger partial charge in [-0.1, -0.05) is 59.6 Å². The van der Waals surface area contributed by atoms with Crippen LogP contribution in [0.4, 0.5) is 0 Å². The third-order valence-electron chi connectivity index (χ3n) is 5.02. The molecule has 1 aliphatic rings. The molecule has 1 unspecified atom stereocenters. The van der Waals surface area contributed by atoms with Crippen LogP contribution in [0.1, 0.15) is 22.8 Å². The van der Waals surface area contributed by atoms with Gasteiger partial charge in [-0.05, 0) is 30.7 Å². The van der Waals surface area contributed by atoms with Crippen LogP contribution in [0.2, 0.25) is 10.0 Å². The molecule has 0 radical (unpaired) electrons. The molecule has 0 aromatic heterocycles. The highest BCUT2D eigenvalue weighted by Gasteiger charge is 2.28. The summed E-state index contributed by atoms with van der Waals surface area (Å²) in [5, 5.41) is 3.25. The van der Waals surface area contributed by atoms with Crippen molar-refractivity contribution in [1.29, 1.82) is 0 Å². The molecule has 2 aromatic carbocycles. The number of hydrogen-bond donors (Lipinski definition) is 1. The smallest absolute Gasteiger partial charge is 0.255 e. The van der Waals surface area contributed by atoms with Crippen LogP contribution in [0.3, 0.4) is 0 Å². The van der Waals surface area contributed by atoms with Gasteiger partial charge in [0.05, 0.1) is 15.6 Å². The summed E-state index contributed by atoms with van der Waals surface area (Å²) < 4.78 is 0. The number of nitrogens with zero attached hydrogens (tertiary/aromatic N) is 2. The number of nitrogens with one attached hydrogen (secondary N) is 1. The summed E-state index contributed by atoms with van der Waals surface area (Å²) >= 11 is 12.2. The van der Waals surface area contributed by atoms with Gasteiger partial charge in [0, 0.05) is 32.3 Å². The van der Waals surface area contributed by atoms with E-state index < -0.39 is 6.04 Å². The number of carbonyl (C=O) groups excluding carboxylic acids is 3. The molecule has 162 valence electrons. The van der Waals surface area contributed by atoms with Crippen molar-refractivity contribution in [2.75, 3.05) is 26.2 Å². The normalized spacial score (nSPS) is 15.1. The molecule has 0 spiro atoms. The van der Waals surface area contributed by atoms with E-state index in [1.165, 1.54) is 6.08 Å². The van der Waals surface area contributed by atoms with E-state index in [4.69, 9.17) is 23.2 Å². The minimum atomic E-state index is -0.669. The van der Waals surface area contributed by atoms with Crippen LogP contribution >= 0.6 is 23.2 Å². The van der Waals surface area contributed by atoms with Crippen molar-refractivity contribution in [3.63, 3.8) is 0 Å². The van der Waals surface area contributed by atoms with Crippen molar-refractivity contribution in [3.05, 3.63) is 75.8 Å². The maximum atomic E-state index is 12.7. The topological polar surface area (TPSA) is 69.7 Å². The summed E-state index contributed by atoms with van der Waals surface area (Å²) in [6, 6.07) is 13.7. The lowest BCUT2D eigenvalue weighted by atomic mass is 10.1. The molecular formula is C23H23Cl2N3O3. The molecule has 1 N–H and O–H groups in total. The van der Waals surface area contributed by atoms with Gasteiger partial charge in [-0.2, -0.15) is 0 Å². The lowest BCUT2D eigenvalue weighted by Crippen LogP contribution is -2.55. The standard InChI is InChI=1S/C23H23Cl2N3O3/c1-16(26-20(29)11-10-17-6-3-2-4-7-17)22(30)27-12-14-28(15-13-27)23(31)18-8-5-9-19(24)21(18)25/h2-11,16H,12-15H2,1H3,(H,26,29)/b11-10+. The van der Waals surface area contributed by atoms with Crippen LogP contribution in [0.5, 0.6) is 0 Å². The molecule has 6 nitrogen and oxygen atoms in total. The van der Waals surface area contributed by atoms with E-state index in [1.54, 1.807) is 41.0 Å². The van der Waals surface area contributed by atoms with Gasteiger partial charge in [0.1, 0.15) is 6.04 Å². The predicted molar refractivity (Wildman–Crippen MR) is 122 cm³/mol. The number of halogens is 2. The Morgan fingerprint density at radius 1 is 0.935 bits per heavy atom. The molecule has 0 bridgehead atoms. The molecule has 0 saturated carbocycles. The van der Waals surface area contributed by atoms with Crippen molar-refractivity contribution in [1.82, 2.24) is 15.1 Å². The SMILES string of the molecule is CC(NC(=O)/C=C/c1ccccc1)C(=O)N1CCN(C(=O)c2cccc(Cl)c2Cl)CC1. The van der Waals surface area contributed by atoms with E-state index in [0.717, 1.165) is 5.56 Å². The molecule has 8 heteroatoms. The average molecular weight is 460 g/mol. The molecule has 31 heavy (non-hydrogen) atoms. The quantitative estimate of drug-likeness (QED) is 0.695. The second kappa shape index (κ2) is 10.5. The van der Waals surface area contributed by atoms with Crippen LogP contribution in [-0.2, 0) is 9.59 Å². The van der Waals surface area contributed by atoms with Crippen molar-refractivity contribution >= 4 is 47.0 Å². The molecule has 3 amide bonds. The van der Waals surface area contributed by atoms with Crippen molar-refractivity contribution < 1.29 is 14.4 Å². The summed E-state index contributed by atoms with van der Waals surface area (Å²) in [5.41, 5.74) is 1.25. The van der Waals surface area contributed by atoms with E-state index in [0.29, 0.717) is 36.8 Å². The van der Waals surface area contributed by atoms with Gasteiger partial charge >= 0.3 is 0 Å². The Kier molecular flexibility index (Phi) is 7.71. The fourth-order valence-corrected chi connectivity index (χ4v) is 3.68. The van der Waals surface area contributed by atoms with Gasteiger partial charge < -0.3 is 15.1 Å². The molecule has 1 atom stereocenters. The largest absolute Gasteiger partial charge is 0.341 e. The summed E-state index contributed by atoms with van der Waals surface area (Å²) in [7, 11) is 0. The van der Waals surface area contributed by atoms with Crippen molar-refractivity contribution in [2.24, 2.45) is 0 Å². The first-order chi connectivity index (χ1) is 14.9. The zero-order chi connectivity index (χ0) is 22.4. The minimum Gasteiger partial charge on any atom is -0.341 e. The molecular weight excluding hydrogens is 437 g/mol. The molecule has 2 aromatic rings. The second-order valence-corrected chi connectivity index (χ2v) is 7.98. The molecule has 3 rings (SSSR count). The van der Waals surface area contributed by atoms with Crippen LogP contribution in [0.15, 0.2) is 54.6 Å². The summed E-state index contributed by atoms with van der Waals surface area (Å²) in [6.07, 6.45) is 3.10. The third-order valence-corrected chi connectivity index (χ3v) is 5.84. The van der Waals surface area contributed by atoms with Crippen molar-refractivity contribution in [3.8, 4) is 0 Å². The second-order valence-electron chi connectivity index (χ2n) is 7.19. The fraction of sp³-hybridized carbons (Fsp3) is 0.261. The zero-order valence-corrected chi connectivity index (χ0v) is 18.6. The van der Waals surface area contributed by atoms with E-state index in [-0.39, 0.29) is 22.7 Å². The Hall–Kier alpha value is -2.83. The zero-order valence-electron chi connectivity index (χ0n) is 17.1. The molecule has 1 saturated heterocycles. The number of hydrogen-bond acceptors (Lipinski definition) is 3. The Balaban J connectivity index is 1.51. The van der Waals surface area contributed by atoms with Crippen LogP contribution in [0.25, 0.3) is 6.08 Å². The van der Waals surface area contributed by atoms with E-state index in [1.807, 2.05) is 30.3 Å². The molecule has 0 aliphatic carbocycles. The minimum absolute atomic E-state index is 0.186. The van der Waals surface area contributed by atoms with Crippen molar-refractivity contribution in [2.45, 2.75) is 13.0 Å². The monoisotopic (exact) mass is 459 g/mol. The van der Waals surface area contributed by atoms with E-state index in [9.17, 15) is 14.4 Å². The first-order valence-electron chi connectivity index (χ1n) is 9.92. The van der Waals surface area contributed by atoms with Gasteiger partial charge in [-0.3, -0.25) is 14.4 Å². The first-order valence-corrected chi connectivity index (χ1v) is 10.7. The number of carbonyl (C=O) groups is 3. The van der Waals surface area contributed by atoms with Gasteiger partial charge in [0.25, 0.3) is 5.91 Å². The first kappa shape index (κ1) is 22.8. The average Bonchev–Trinajstić information content (AvgIpc) is 2.79. The van der Waals surface area contributed by atoms with Gasteiger partial charge in [0.2, 0.25) is 11.8 Å². The predicted octanol–water partition coefficient (Wildman–Crippen LogP) is 3.50. The van der Waals surface area contributed by atoms with Gasteiger partial charge in [-0.15, -0.1) is 0 Å². The van der Waals surface area contributed by atoms with Gasteiger partial charge in [-0.25, -0.2) is 0 Å². The molecule has 1 fully saturated rings. The summed E-state index contributed by atoms with van der Waals surface area (Å²) in [6.45, 7) is 3.16. The third kappa shape index (κ3) is 5.87. The van der Waals surface area contributed by atoms with Crippen LogP contribution in [0, 0.1) is 0 Å². The number of benzene rings is 2. The summed E-state index contributed by atoms with van der Waals surface area (Å²) in [5.74, 6) is -0.740. The van der Waals surface area contributed by atoms with Crippen LogP contribution < -0.4 is 5.32 Å². The highest BCUT2D eigenvalue weighted by atomic mass is 35.5. The lowest BCUT2D eigenvalue weighted by molar-refractivity contribution is -0.136.